The average molecular weight is 426 g/mol. The van der Waals surface area contributed by atoms with Crippen molar-refractivity contribution in [1.82, 2.24) is 4.90 Å². The summed E-state index contributed by atoms with van der Waals surface area (Å²) >= 11 is 7.72. The van der Waals surface area contributed by atoms with E-state index in [2.05, 4.69) is 10.6 Å². The largest absolute Gasteiger partial charge is 0.327 e. The maximum Gasteiger partial charge on any atom is 0.267 e. The summed E-state index contributed by atoms with van der Waals surface area (Å²) < 4.78 is 0.933. The number of carbonyl (C=O) groups is 3. The zero-order chi connectivity index (χ0) is 20.1. The van der Waals surface area contributed by atoms with Crippen LogP contribution in [0, 0.1) is 0 Å². The zero-order valence-electron chi connectivity index (χ0n) is 15.2. The van der Waals surface area contributed by atoms with Crippen molar-refractivity contribution >= 4 is 62.1 Å². The number of halogens is 1. The van der Waals surface area contributed by atoms with Crippen LogP contribution >= 0.6 is 22.9 Å². The highest BCUT2D eigenvalue weighted by atomic mass is 35.5. The minimum Gasteiger partial charge on any atom is -0.327 e. The molecule has 1 atom stereocenters. The van der Waals surface area contributed by atoms with Gasteiger partial charge in [-0.2, -0.15) is 0 Å². The third-order valence-electron chi connectivity index (χ3n) is 5.32. The van der Waals surface area contributed by atoms with Crippen LogP contribution in [0.15, 0.2) is 42.5 Å². The monoisotopic (exact) mass is 425 g/mol. The van der Waals surface area contributed by atoms with Gasteiger partial charge >= 0.3 is 0 Å². The van der Waals surface area contributed by atoms with Gasteiger partial charge in [0.2, 0.25) is 5.91 Å². The van der Waals surface area contributed by atoms with Crippen molar-refractivity contribution in [2.24, 2.45) is 0 Å². The normalized spacial score (nSPS) is 18.2. The first kappa shape index (κ1) is 18.1. The lowest BCUT2D eigenvalue weighted by Gasteiger charge is -2.20. The Morgan fingerprint density at radius 3 is 2.86 bits per heavy atom. The highest BCUT2D eigenvalue weighted by Gasteiger charge is 2.38. The highest BCUT2D eigenvalue weighted by Crippen LogP contribution is 2.36. The second-order valence-corrected chi connectivity index (χ2v) is 8.53. The molecule has 2 aromatic carbocycles. The third kappa shape index (κ3) is 2.97. The molecular formula is C21H16ClN3O3S. The molecule has 6 nitrogen and oxygen atoms in total. The number of benzene rings is 2. The molecule has 0 unspecified atom stereocenters. The Morgan fingerprint density at radius 2 is 2.03 bits per heavy atom. The molecule has 1 aromatic heterocycles. The van der Waals surface area contributed by atoms with E-state index in [0.717, 1.165) is 16.5 Å². The summed E-state index contributed by atoms with van der Waals surface area (Å²) in [5.74, 6) is -0.694. The van der Waals surface area contributed by atoms with Gasteiger partial charge in [0.1, 0.15) is 10.9 Å². The summed E-state index contributed by atoms with van der Waals surface area (Å²) in [4.78, 5) is 40.2. The van der Waals surface area contributed by atoms with Gasteiger partial charge in [-0.05, 0) is 37.1 Å². The SMILES string of the molecule is O=C(Nc1ccc2c(c1)C(=O)N1CCC[C@@H]1C(=O)N2)c1sc2ccccc2c1Cl. The molecule has 2 aliphatic rings. The molecule has 2 aliphatic heterocycles. The lowest BCUT2D eigenvalue weighted by atomic mass is 10.1. The van der Waals surface area contributed by atoms with Gasteiger partial charge in [-0.1, -0.05) is 29.8 Å². The standard InChI is InChI=1S/C21H16ClN3O3S/c22-17-12-4-1-2-6-16(12)29-18(17)20(27)23-11-7-8-14-13(10-11)21(28)25-9-3-5-15(25)19(26)24-14/h1-2,4,6-8,10,15H,3,5,9H2,(H,23,27)(H,24,26)/t15-/m1/s1. The van der Waals surface area contributed by atoms with Crippen LogP contribution in [0.2, 0.25) is 5.02 Å². The summed E-state index contributed by atoms with van der Waals surface area (Å²) in [5, 5.41) is 6.91. The quantitative estimate of drug-likeness (QED) is 0.640. The Morgan fingerprint density at radius 1 is 1.21 bits per heavy atom. The van der Waals surface area contributed by atoms with Crippen LogP contribution in [0.3, 0.4) is 0 Å². The minimum absolute atomic E-state index is 0.163. The Hall–Kier alpha value is -2.90. The van der Waals surface area contributed by atoms with Gasteiger partial charge < -0.3 is 15.5 Å². The van der Waals surface area contributed by atoms with Crippen LogP contribution < -0.4 is 10.6 Å². The van der Waals surface area contributed by atoms with E-state index < -0.39 is 6.04 Å². The first-order valence-electron chi connectivity index (χ1n) is 9.27. The molecule has 0 saturated carbocycles. The minimum atomic E-state index is -0.426. The maximum absolute atomic E-state index is 12.9. The number of nitrogens with one attached hydrogen (secondary N) is 2. The molecule has 8 heteroatoms. The summed E-state index contributed by atoms with van der Waals surface area (Å²) in [6.07, 6.45) is 1.47. The maximum atomic E-state index is 12.9. The molecule has 0 bridgehead atoms. The zero-order valence-corrected chi connectivity index (χ0v) is 16.8. The Labute approximate surface area is 175 Å². The topological polar surface area (TPSA) is 78.5 Å². The molecule has 3 amide bonds. The summed E-state index contributed by atoms with van der Waals surface area (Å²) in [6, 6.07) is 12.1. The fourth-order valence-corrected chi connectivity index (χ4v) is 5.32. The summed E-state index contributed by atoms with van der Waals surface area (Å²) in [6.45, 7) is 0.560. The molecule has 0 spiro atoms. The van der Waals surface area contributed by atoms with Crippen molar-refractivity contribution in [3.05, 3.63) is 57.9 Å². The fourth-order valence-electron chi connectivity index (χ4n) is 3.91. The first-order chi connectivity index (χ1) is 14.0. The van der Waals surface area contributed by atoms with Crippen molar-refractivity contribution in [3.63, 3.8) is 0 Å². The highest BCUT2D eigenvalue weighted by molar-refractivity contribution is 7.21. The Balaban J connectivity index is 1.46. The van der Waals surface area contributed by atoms with Crippen LogP contribution in [0.4, 0.5) is 11.4 Å². The van der Waals surface area contributed by atoms with Crippen molar-refractivity contribution in [3.8, 4) is 0 Å². The third-order valence-corrected chi connectivity index (χ3v) is 7.00. The van der Waals surface area contributed by atoms with E-state index >= 15 is 0 Å². The van der Waals surface area contributed by atoms with E-state index in [9.17, 15) is 14.4 Å². The molecule has 29 heavy (non-hydrogen) atoms. The van der Waals surface area contributed by atoms with Gasteiger partial charge in [-0.25, -0.2) is 0 Å². The number of hydrogen-bond donors (Lipinski definition) is 2. The fraction of sp³-hybridized carbons (Fsp3) is 0.190. The number of thiophene rings is 1. The van der Waals surface area contributed by atoms with Crippen molar-refractivity contribution in [2.45, 2.75) is 18.9 Å². The number of anilines is 2. The summed E-state index contributed by atoms with van der Waals surface area (Å²) in [7, 11) is 0. The van der Waals surface area contributed by atoms with Crippen molar-refractivity contribution < 1.29 is 14.4 Å². The van der Waals surface area contributed by atoms with Crippen LogP contribution in [-0.2, 0) is 4.79 Å². The van der Waals surface area contributed by atoms with Gasteiger partial charge in [0.05, 0.1) is 16.3 Å². The molecule has 1 saturated heterocycles. The Kier molecular flexibility index (Phi) is 4.29. The first-order valence-corrected chi connectivity index (χ1v) is 10.5. The molecule has 1 fully saturated rings. The molecule has 0 aliphatic carbocycles. The van der Waals surface area contributed by atoms with Crippen LogP contribution in [0.1, 0.15) is 32.9 Å². The number of amides is 3. The molecule has 3 aromatic rings. The average Bonchev–Trinajstić information content (AvgIpc) is 3.32. The van der Waals surface area contributed by atoms with E-state index in [4.69, 9.17) is 11.6 Å². The number of rotatable bonds is 2. The smallest absolute Gasteiger partial charge is 0.267 e. The van der Waals surface area contributed by atoms with E-state index in [1.807, 2.05) is 24.3 Å². The molecule has 5 rings (SSSR count). The predicted molar refractivity (Wildman–Crippen MR) is 114 cm³/mol. The van der Waals surface area contributed by atoms with Gasteiger partial charge in [-0.15, -0.1) is 11.3 Å². The molecule has 146 valence electrons. The van der Waals surface area contributed by atoms with Crippen LogP contribution in [-0.4, -0.2) is 35.2 Å². The summed E-state index contributed by atoms with van der Waals surface area (Å²) in [5.41, 5.74) is 1.32. The second kappa shape index (κ2) is 6.86. The van der Waals surface area contributed by atoms with Crippen molar-refractivity contribution in [1.29, 1.82) is 0 Å². The van der Waals surface area contributed by atoms with Gasteiger partial charge in [0.15, 0.2) is 0 Å². The Bertz CT molecular complexity index is 1190. The van der Waals surface area contributed by atoms with E-state index in [-0.39, 0.29) is 17.7 Å². The van der Waals surface area contributed by atoms with E-state index in [0.29, 0.717) is 39.8 Å². The number of fused-ring (bicyclic) bond motifs is 3. The lowest BCUT2D eigenvalue weighted by Crippen LogP contribution is -2.40. The van der Waals surface area contributed by atoms with Gasteiger partial charge in [0, 0.05) is 22.3 Å². The van der Waals surface area contributed by atoms with Crippen LogP contribution in [0.5, 0.6) is 0 Å². The second-order valence-electron chi connectivity index (χ2n) is 7.10. The number of nitrogens with zero attached hydrogens (tertiary/aromatic N) is 1. The number of carbonyl (C=O) groups excluding carboxylic acids is 3. The van der Waals surface area contributed by atoms with Crippen LogP contribution in [0.25, 0.3) is 10.1 Å². The number of hydrogen-bond acceptors (Lipinski definition) is 4. The molecular weight excluding hydrogens is 410 g/mol. The molecule has 0 radical (unpaired) electrons. The molecule has 2 N–H and O–H groups in total. The molecule has 3 heterocycles. The van der Waals surface area contributed by atoms with Gasteiger partial charge in [0.25, 0.3) is 11.8 Å². The van der Waals surface area contributed by atoms with Gasteiger partial charge in [-0.3, -0.25) is 14.4 Å². The van der Waals surface area contributed by atoms with E-state index in [1.54, 1.807) is 23.1 Å². The predicted octanol–water partition coefficient (Wildman–Crippen LogP) is 4.36. The van der Waals surface area contributed by atoms with E-state index in [1.165, 1.54) is 11.3 Å². The lowest BCUT2D eigenvalue weighted by molar-refractivity contribution is -0.119. The van der Waals surface area contributed by atoms with Crippen molar-refractivity contribution in [2.75, 3.05) is 17.2 Å².